The normalized spacial score (nSPS) is 14.8. The Morgan fingerprint density at radius 1 is 1.37 bits per heavy atom. The van der Waals surface area contributed by atoms with Crippen LogP contribution in [0.1, 0.15) is 29.7 Å². The number of nitrogens with one attached hydrogen (secondary N) is 1. The first-order chi connectivity index (χ1) is 9.20. The molecule has 0 bridgehead atoms. The molecule has 2 aromatic rings. The van der Waals surface area contributed by atoms with E-state index in [2.05, 4.69) is 40.8 Å². The fraction of sp³-hybridized carbons (Fsp3) is 0.400. The molecule has 1 N–H and O–H groups in total. The van der Waals surface area contributed by atoms with Gasteiger partial charge in [-0.25, -0.2) is 4.98 Å². The van der Waals surface area contributed by atoms with Crippen LogP contribution in [0.5, 0.6) is 0 Å². The highest BCUT2D eigenvalue weighted by atomic mass is 32.2. The van der Waals surface area contributed by atoms with Crippen LogP contribution in [0.2, 0.25) is 0 Å². The summed E-state index contributed by atoms with van der Waals surface area (Å²) in [6.45, 7) is 5.22. The van der Waals surface area contributed by atoms with Crippen molar-refractivity contribution in [3.63, 3.8) is 0 Å². The molecule has 0 spiro atoms. The van der Waals surface area contributed by atoms with E-state index in [4.69, 9.17) is 0 Å². The molecule has 2 nitrogen and oxygen atoms in total. The van der Waals surface area contributed by atoms with Crippen LogP contribution in [0.3, 0.4) is 0 Å². The molecule has 0 aliphatic heterocycles. The number of nitrogens with zero attached hydrogens (tertiary/aromatic N) is 1. The van der Waals surface area contributed by atoms with E-state index >= 15 is 0 Å². The first-order valence-electron chi connectivity index (χ1n) is 6.63. The predicted octanol–water partition coefficient (Wildman–Crippen LogP) is 4.16. The second-order valence-corrected chi connectivity index (χ2v) is 7.26. The van der Waals surface area contributed by atoms with Crippen LogP contribution in [0, 0.1) is 13.8 Å². The minimum absolute atomic E-state index is 0.771. The van der Waals surface area contributed by atoms with E-state index < -0.39 is 0 Å². The molecule has 0 unspecified atom stereocenters. The van der Waals surface area contributed by atoms with Gasteiger partial charge in [0.05, 0.1) is 0 Å². The summed E-state index contributed by atoms with van der Waals surface area (Å²) < 4.78 is 1.13. The summed E-state index contributed by atoms with van der Waals surface area (Å²) in [7, 11) is 0. The van der Waals surface area contributed by atoms with Gasteiger partial charge in [0.2, 0.25) is 0 Å². The van der Waals surface area contributed by atoms with Crippen molar-refractivity contribution >= 4 is 23.1 Å². The molecule has 0 saturated heterocycles. The molecule has 0 atom stereocenters. The zero-order valence-corrected chi connectivity index (χ0v) is 12.9. The maximum atomic E-state index is 4.51. The van der Waals surface area contributed by atoms with Gasteiger partial charge in [-0.2, -0.15) is 0 Å². The van der Waals surface area contributed by atoms with Crippen LogP contribution in [0.25, 0.3) is 0 Å². The van der Waals surface area contributed by atoms with Crippen molar-refractivity contribution in [2.24, 2.45) is 0 Å². The van der Waals surface area contributed by atoms with Gasteiger partial charge in [-0.15, -0.1) is 11.3 Å². The van der Waals surface area contributed by atoms with Crippen molar-refractivity contribution < 1.29 is 0 Å². The molecule has 1 aliphatic carbocycles. The molecule has 19 heavy (non-hydrogen) atoms. The van der Waals surface area contributed by atoms with E-state index in [0.29, 0.717) is 0 Å². The van der Waals surface area contributed by atoms with Gasteiger partial charge >= 0.3 is 0 Å². The summed E-state index contributed by atoms with van der Waals surface area (Å²) in [6, 6.07) is 7.51. The zero-order chi connectivity index (χ0) is 13.2. The molecule has 0 amide bonds. The summed E-state index contributed by atoms with van der Waals surface area (Å²) >= 11 is 3.49. The SMILES string of the molecule is Cc1csc(Sc2ccc(CNC3CC3)cc2C)n1. The van der Waals surface area contributed by atoms with Gasteiger partial charge in [-0.05, 0) is 43.9 Å². The van der Waals surface area contributed by atoms with E-state index in [1.54, 1.807) is 23.1 Å². The van der Waals surface area contributed by atoms with Crippen molar-refractivity contribution in [3.05, 3.63) is 40.4 Å². The number of thiazole rings is 1. The summed E-state index contributed by atoms with van der Waals surface area (Å²) in [6.07, 6.45) is 2.69. The molecule has 1 aromatic carbocycles. The average Bonchev–Trinajstić information content (AvgIpc) is 3.13. The Labute approximate surface area is 122 Å². The fourth-order valence-electron chi connectivity index (χ4n) is 1.96. The minimum atomic E-state index is 0.771. The van der Waals surface area contributed by atoms with Crippen molar-refractivity contribution in [3.8, 4) is 0 Å². The number of hydrogen-bond acceptors (Lipinski definition) is 4. The average molecular weight is 290 g/mol. The molecular formula is C15H18N2S2. The number of hydrogen-bond donors (Lipinski definition) is 1. The molecule has 1 heterocycles. The van der Waals surface area contributed by atoms with E-state index in [1.165, 1.54) is 28.9 Å². The van der Waals surface area contributed by atoms with Crippen molar-refractivity contribution in [2.75, 3.05) is 0 Å². The van der Waals surface area contributed by atoms with Gasteiger partial charge in [0.1, 0.15) is 0 Å². The molecule has 1 fully saturated rings. The summed E-state index contributed by atoms with van der Waals surface area (Å²) in [5, 5.41) is 5.66. The van der Waals surface area contributed by atoms with Crippen LogP contribution in [-0.4, -0.2) is 11.0 Å². The molecule has 1 aliphatic rings. The molecule has 3 rings (SSSR count). The lowest BCUT2D eigenvalue weighted by Crippen LogP contribution is -2.15. The lowest BCUT2D eigenvalue weighted by molar-refractivity contribution is 0.687. The van der Waals surface area contributed by atoms with E-state index in [1.807, 2.05) is 6.92 Å². The predicted molar refractivity (Wildman–Crippen MR) is 82.0 cm³/mol. The third-order valence-corrected chi connectivity index (χ3v) is 5.44. The summed E-state index contributed by atoms with van der Waals surface area (Å²) in [4.78, 5) is 5.82. The second-order valence-electron chi connectivity index (χ2n) is 5.11. The summed E-state index contributed by atoms with van der Waals surface area (Å²) in [5.41, 5.74) is 3.83. The molecule has 4 heteroatoms. The molecule has 1 aromatic heterocycles. The van der Waals surface area contributed by atoms with Gasteiger partial charge in [0.25, 0.3) is 0 Å². The summed E-state index contributed by atoms with van der Waals surface area (Å²) in [5.74, 6) is 0. The third kappa shape index (κ3) is 3.59. The first kappa shape index (κ1) is 13.2. The van der Waals surface area contributed by atoms with Crippen LogP contribution < -0.4 is 5.32 Å². The lowest BCUT2D eigenvalue weighted by Gasteiger charge is -2.08. The Hall–Kier alpha value is -0.840. The second kappa shape index (κ2) is 5.65. The Bertz CT molecular complexity index is 573. The Kier molecular flexibility index (Phi) is 3.91. The highest BCUT2D eigenvalue weighted by Gasteiger charge is 2.19. The van der Waals surface area contributed by atoms with Crippen molar-refractivity contribution in [1.29, 1.82) is 0 Å². The Morgan fingerprint density at radius 3 is 2.84 bits per heavy atom. The highest BCUT2D eigenvalue weighted by molar-refractivity contribution is 8.01. The van der Waals surface area contributed by atoms with Gasteiger partial charge in [-0.1, -0.05) is 23.9 Å². The van der Waals surface area contributed by atoms with Crippen molar-refractivity contribution in [1.82, 2.24) is 10.3 Å². The van der Waals surface area contributed by atoms with Gasteiger partial charge in [-0.3, -0.25) is 0 Å². The first-order valence-corrected chi connectivity index (χ1v) is 8.33. The fourth-order valence-corrected chi connectivity index (χ4v) is 3.82. The van der Waals surface area contributed by atoms with Gasteiger partial charge in [0, 0.05) is 28.6 Å². The van der Waals surface area contributed by atoms with Crippen LogP contribution in [0.15, 0.2) is 32.8 Å². The van der Waals surface area contributed by atoms with E-state index in [9.17, 15) is 0 Å². The largest absolute Gasteiger partial charge is 0.310 e. The standard InChI is InChI=1S/C15H18N2S2/c1-10-7-12(8-16-13-4-5-13)3-6-14(10)19-15-17-11(2)9-18-15/h3,6-7,9,13,16H,4-5,8H2,1-2H3. The smallest absolute Gasteiger partial charge is 0.154 e. The lowest BCUT2D eigenvalue weighted by atomic mass is 10.1. The monoisotopic (exact) mass is 290 g/mol. The maximum absolute atomic E-state index is 4.51. The minimum Gasteiger partial charge on any atom is -0.310 e. The zero-order valence-electron chi connectivity index (χ0n) is 11.3. The van der Waals surface area contributed by atoms with Crippen LogP contribution >= 0.6 is 23.1 Å². The van der Waals surface area contributed by atoms with E-state index in [-0.39, 0.29) is 0 Å². The topological polar surface area (TPSA) is 24.9 Å². The number of benzene rings is 1. The van der Waals surface area contributed by atoms with Crippen LogP contribution in [-0.2, 0) is 6.54 Å². The van der Waals surface area contributed by atoms with Crippen molar-refractivity contribution in [2.45, 2.75) is 48.5 Å². The highest BCUT2D eigenvalue weighted by Crippen LogP contribution is 2.32. The molecule has 0 radical (unpaired) electrons. The van der Waals surface area contributed by atoms with Gasteiger partial charge in [0.15, 0.2) is 4.34 Å². The Morgan fingerprint density at radius 2 is 2.21 bits per heavy atom. The number of aryl methyl sites for hydroxylation is 2. The van der Waals surface area contributed by atoms with Gasteiger partial charge < -0.3 is 5.32 Å². The van der Waals surface area contributed by atoms with E-state index in [0.717, 1.165) is 22.6 Å². The number of rotatable bonds is 5. The molecular weight excluding hydrogens is 272 g/mol. The Balaban J connectivity index is 1.67. The third-order valence-electron chi connectivity index (χ3n) is 3.21. The number of aromatic nitrogens is 1. The quantitative estimate of drug-likeness (QED) is 0.895. The molecule has 100 valence electrons. The maximum Gasteiger partial charge on any atom is 0.154 e. The van der Waals surface area contributed by atoms with Crippen LogP contribution in [0.4, 0.5) is 0 Å². The molecule has 1 saturated carbocycles.